The molecule has 1 saturated carbocycles. The monoisotopic (exact) mass is 315 g/mol. The fourth-order valence-corrected chi connectivity index (χ4v) is 3.00. The molecule has 2 N–H and O–H groups in total. The molecular formula is C13H18BrNOS. The molecule has 1 aromatic rings. The summed E-state index contributed by atoms with van der Waals surface area (Å²) in [5, 5.41) is 12.4. The van der Waals surface area contributed by atoms with E-state index in [1.165, 1.54) is 23.3 Å². The second-order valence-electron chi connectivity index (χ2n) is 4.33. The molecule has 2 nitrogen and oxygen atoms in total. The molecular weight excluding hydrogens is 298 g/mol. The van der Waals surface area contributed by atoms with Crippen molar-refractivity contribution in [1.82, 2.24) is 5.32 Å². The number of benzene rings is 1. The summed E-state index contributed by atoms with van der Waals surface area (Å²) in [6.45, 7) is 1.23. The highest BCUT2D eigenvalue weighted by Gasteiger charge is 2.20. The smallest absolute Gasteiger partial charge is 0.0439 e. The van der Waals surface area contributed by atoms with Crippen LogP contribution in [0.25, 0.3) is 0 Å². The van der Waals surface area contributed by atoms with Crippen molar-refractivity contribution in [3.05, 3.63) is 28.2 Å². The lowest BCUT2D eigenvalue weighted by Gasteiger charge is -2.10. The lowest BCUT2D eigenvalue weighted by molar-refractivity contribution is 0.296. The zero-order chi connectivity index (χ0) is 12.1. The molecule has 4 heteroatoms. The second kappa shape index (κ2) is 6.78. The van der Waals surface area contributed by atoms with Crippen molar-refractivity contribution in [2.24, 2.45) is 0 Å². The summed E-state index contributed by atoms with van der Waals surface area (Å²) in [5.41, 5.74) is 1.36. The van der Waals surface area contributed by atoms with Gasteiger partial charge in [0.05, 0.1) is 0 Å². The molecule has 1 fully saturated rings. The number of nitrogens with one attached hydrogen (secondary N) is 1. The highest BCUT2D eigenvalue weighted by molar-refractivity contribution is 9.10. The second-order valence-corrected chi connectivity index (χ2v) is 6.39. The Bertz CT molecular complexity index is 368. The third-order valence-corrected chi connectivity index (χ3v) is 4.44. The zero-order valence-electron chi connectivity index (χ0n) is 9.79. The number of hydrogen-bond donors (Lipinski definition) is 2. The molecule has 1 aliphatic carbocycles. The average Bonchev–Trinajstić information content (AvgIpc) is 3.13. The van der Waals surface area contributed by atoms with Gasteiger partial charge < -0.3 is 10.4 Å². The van der Waals surface area contributed by atoms with Crippen LogP contribution in [0.2, 0.25) is 0 Å². The van der Waals surface area contributed by atoms with E-state index < -0.39 is 0 Å². The summed E-state index contributed by atoms with van der Waals surface area (Å²) >= 11 is 5.36. The molecule has 0 heterocycles. The molecule has 0 atom stereocenters. The Morgan fingerprint density at radius 2 is 2.24 bits per heavy atom. The molecule has 0 aromatic heterocycles. The number of thioether (sulfide) groups is 1. The summed E-state index contributed by atoms with van der Waals surface area (Å²) in [4.78, 5) is 1.33. The summed E-state index contributed by atoms with van der Waals surface area (Å²) in [7, 11) is 0. The predicted octanol–water partition coefficient (Wildman–Crippen LogP) is 3.18. The standard InChI is InChI=1S/C13H18BrNOS/c14-11-2-5-13(17-7-1-6-16)10(8-11)9-15-12-3-4-12/h2,5,8,12,15-16H,1,3-4,6-7,9H2. The Balaban J connectivity index is 1.95. The molecule has 0 spiro atoms. The van der Waals surface area contributed by atoms with Gasteiger partial charge in [-0.2, -0.15) is 0 Å². The highest BCUT2D eigenvalue weighted by Crippen LogP contribution is 2.27. The zero-order valence-corrected chi connectivity index (χ0v) is 12.2. The quantitative estimate of drug-likeness (QED) is 0.599. The SMILES string of the molecule is OCCCSc1ccc(Br)cc1CNC1CC1. The van der Waals surface area contributed by atoms with Crippen molar-refractivity contribution in [2.45, 2.75) is 36.7 Å². The molecule has 0 radical (unpaired) electrons. The Kier molecular flexibility index (Phi) is 5.35. The molecule has 0 bridgehead atoms. The van der Waals surface area contributed by atoms with Crippen molar-refractivity contribution in [1.29, 1.82) is 0 Å². The van der Waals surface area contributed by atoms with E-state index in [1.54, 1.807) is 0 Å². The minimum atomic E-state index is 0.277. The Labute approximate surface area is 115 Å². The third-order valence-electron chi connectivity index (χ3n) is 2.74. The first kappa shape index (κ1) is 13.4. The van der Waals surface area contributed by atoms with Crippen LogP contribution >= 0.6 is 27.7 Å². The Morgan fingerprint density at radius 3 is 2.94 bits per heavy atom. The summed E-state index contributed by atoms with van der Waals surface area (Å²) in [6, 6.07) is 7.18. The van der Waals surface area contributed by atoms with Crippen molar-refractivity contribution >= 4 is 27.7 Å². The minimum absolute atomic E-state index is 0.277. The lowest BCUT2D eigenvalue weighted by Crippen LogP contribution is -2.15. The molecule has 1 aliphatic rings. The third kappa shape index (κ3) is 4.62. The number of halogens is 1. The fourth-order valence-electron chi connectivity index (χ4n) is 1.62. The van der Waals surface area contributed by atoms with Gasteiger partial charge in [0.2, 0.25) is 0 Å². The van der Waals surface area contributed by atoms with Crippen molar-refractivity contribution in [3.63, 3.8) is 0 Å². The van der Waals surface area contributed by atoms with E-state index in [0.29, 0.717) is 0 Å². The summed E-state index contributed by atoms with van der Waals surface area (Å²) in [6.07, 6.45) is 3.50. The van der Waals surface area contributed by atoms with Crippen molar-refractivity contribution in [3.8, 4) is 0 Å². The molecule has 1 aromatic carbocycles. The molecule has 2 rings (SSSR count). The van der Waals surface area contributed by atoms with Gasteiger partial charge in [-0.15, -0.1) is 11.8 Å². The minimum Gasteiger partial charge on any atom is -0.396 e. The van der Waals surface area contributed by atoms with Crippen molar-refractivity contribution < 1.29 is 5.11 Å². The average molecular weight is 316 g/mol. The first-order valence-corrected chi connectivity index (χ1v) is 7.83. The van der Waals surface area contributed by atoms with Crippen LogP contribution in [0.1, 0.15) is 24.8 Å². The van der Waals surface area contributed by atoms with Gasteiger partial charge >= 0.3 is 0 Å². The van der Waals surface area contributed by atoms with Gasteiger partial charge in [0.25, 0.3) is 0 Å². The molecule has 0 amide bonds. The Hall–Kier alpha value is -0.0300. The van der Waals surface area contributed by atoms with E-state index in [-0.39, 0.29) is 6.61 Å². The van der Waals surface area contributed by atoms with E-state index in [0.717, 1.165) is 29.2 Å². The maximum Gasteiger partial charge on any atom is 0.0439 e. The first-order valence-electron chi connectivity index (χ1n) is 6.05. The molecule has 0 saturated heterocycles. The maximum absolute atomic E-state index is 8.81. The van der Waals surface area contributed by atoms with E-state index in [2.05, 4.69) is 39.4 Å². The first-order chi connectivity index (χ1) is 8.29. The van der Waals surface area contributed by atoms with E-state index >= 15 is 0 Å². The topological polar surface area (TPSA) is 32.3 Å². The van der Waals surface area contributed by atoms with Gasteiger partial charge in [0.15, 0.2) is 0 Å². The Morgan fingerprint density at radius 1 is 1.41 bits per heavy atom. The van der Waals surface area contributed by atoms with Gasteiger partial charge in [-0.05, 0) is 43.0 Å². The molecule has 17 heavy (non-hydrogen) atoms. The predicted molar refractivity (Wildman–Crippen MR) is 76.4 cm³/mol. The van der Waals surface area contributed by atoms with Gasteiger partial charge in [-0.3, -0.25) is 0 Å². The van der Waals surface area contributed by atoms with E-state index in [1.807, 2.05) is 11.8 Å². The maximum atomic E-state index is 8.81. The van der Waals surface area contributed by atoms with Crippen LogP contribution < -0.4 is 5.32 Å². The molecule has 0 aliphatic heterocycles. The van der Waals surface area contributed by atoms with E-state index in [9.17, 15) is 0 Å². The number of aliphatic hydroxyl groups is 1. The van der Waals surface area contributed by atoms with E-state index in [4.69, 9.17) is 5.11 Å². The van der Waals surface area contributed by atoms with Gasteiger partial charge in [0.1, 0.15) is 0 Å². The van der Waals surface area contributed by atoms with Gasteiger partial charge in [0, 0.05) is 34.3 Å². The van der Waals surface area contributed by atoms with Crippen LogP contribution in [0.5, 0.6) is 0 Å². The molecule has 94 valence electrons. The number of hydrogen-bond acceptors (Lipinski definition) is 3. The lowest BCUT2D eigenvalue weighted by atomic mass is 10.2. The number of rotatable bonds is 7. The fraction of sp³-hybridized carbons (Fsp3) is 0.538. The van der Waals surface area contributed by atoms with Crippen LogP contribution in [0.3, 0.4) is 0 Å². The van der Waals surface area contributed by atoms with Crippen LogP contribution in [0.15, 0.2) is 27.6 Å². The van der Waals surface area contributed by atoms with Crippen LogP contribution in [-0.4, -0.2) is 23.5 Å². The highest BCUT2D eigenvalue weighted by atomic mass is 79.9. The summed E-state index contributed by atoms with van der Waals surface area (Å²) in [5.74, 6) is 0.981. The van der Waals surface area contributed by atoms with Gasteiger partial charge in [-0.1, -0.05) is 15.9 Å². The van der Waals surface area contributed by atoms with Crippen molar-refractivity contribution in [2.75, 3.05) is 12.4 Å². The number of aliphatic hydroxyl groups excluding tert-OH is 1. The van der Waals surface area contributed by atoms with Gasteiger partial charge in [-0.25, -0.2) is 0 Å². The van der Waals surface area contributed by atoms with Crippen LogP contribution in [0, 0.1) is 0 Å². The summed E-state index contributed by atoms with van der Waals surface area (Å²) < 4.78 is 1.14. The van der Waals surface area contributed by atoms with Crippen LogP contribution in [-0.2, 0) is 6.54 Å². The largest absolute Gasteiger partial charge is 0.396 e. The molecule has 0 unspecified atom stereocenters. The van der Waals surface area contributed by atoms with Crippen LogP contribution in [0.4, 0.5) is 0 Å². The normalized spacial score (nSPS) is 15.2.